The van der Waals surface area contributed by atoms with Crippen LogP contribution in [0, 0.1) is 0 Å². The molecule has 6 nitrogen and oxygen atoms in total. The van der Waals surface area contributed by atoms with E-state index in [1.165, 1.54) is 11.1 Å². The molecular weight excluding hydrogens is 338 g/mol. The molecule has 0 saturated heterocycles. The van der Waals surface area contributed by atoms with E-state index in [1.807, 2.05) is 0 Å². The van der Waals surface area contributed by atoms with Crippen LogP contribution in [0.4, 0.5) is 5.69 Å². The molecule has 0 saturated carbocycles. The van der Waals surface area contributed by atoms with E-state index in [0.717, 1.165) is 6.42 Å². The fourth-order valence-electron chi connectivity index (χ4n) is 2.62. The maximum Gasteiger partial charge on any atom is 0.243 e. The molecule has 144 valence electrons. The van der Waals surface area contributed by atoms with Gasteiger partial charge in [-0.15, -0.1) is 0 Å². The molecule has 2 rings (SSSR count). The third-order valence-electron chi connectivity index (χ3n) is 4.43. The van der Waals surface area contributed by atoms with Crippen LogP contribution in [0.25, 0.3) is 0 Å². The fourth-order valence-corrected chi connectivity index (χ4v) is 2.62. The second-order valence-electron chi connectivity index (χ2n) is 7.00. The predicted octanol–water partition coefficient (Wildman–Crippen LogP) is 2.73. The molecule has 27 heavy (non-hydrogen) atoms. The van der Waals surface area contributed by atoms with Crippen molar-refractivity contribution >= 4 is 17.6 Å². The van der Waals surface area contributed by atoms with E-state index in [4.69, 9.17) is 0 Å². The van der Waals surface area contributed by atoms with Crippen molar-refractivity contribution in [3.63, 3.8) is 0 Å². The highest BCUT2D eigenvalue weighted by atomic mass is 16.1. The van der Waals surface area contributed by atoms with Gasteiger partial charge in [0.05, 0.1) is 18.4 Å². The third kappa shape index (κ3) is 6.40. The maximum absolute atomic E-state index is 12.0. The standard InChI is InChI=1S/C21H29N5O/c1-5-16-8-10-17(11-9-16)21(2,3)15-25-20(22-4)24-14-19(27)26-18-7-6-12-23-13-18/h6-13H,5,14-15H2,1-4H3,(H,26,27)(H2,22,24,25). The summed E-state index contributed by atoms with van der Waals surface area (Å²) in [6.07, 6.45) is 4.31. The number of anilines is 1. The summed E-state index contributed by atoms with van der Waals surface area (Å²) in [6, 6.07) is 12.3. The van der Waals surface area contributed by atoms with E-state index >= 15 is 0 Å². The lowest BCUT2D eigenvalue weighted by atomic mass is 9.84. The molecule has 1 aromatic heterocycles. The van der Waals surface area contributed by atoms with Gasteiger partial charge in [-0.1, -0.05) is 45.0 Å². The quantitative estimate of drug-likeness (QED) is 0.519. The first-order valence-electron chi connectivity index (χ1n) is 9.18. The monoisotopic (exact) mass is 367 g/mol. The Kier molecular flexibility index (Phi) is 7.34. The molecule has 0 fully saturated rings. The van der Waals surface area contributed by atoms with Gasteiger partial charge in [0.2, 0.25) is 5.91 Å². The van der Waals surface area contributed by atoms with Crippen LogP contribution in [0.1, 0.15) is 31.9 Å². The molecule has 0 aliphatic rings. The summed E-state index contributed by atoms with van der Waals surface area (Å²) in [5.41, 5.74) is 3.20. The van der Waals surface area contributed by atoms with Crippen LogP contribution in [-0.4, -0.2) is 37.0 Å². The van der Waals surface area contributed by atoms with Crippen LogP contribution in [0.5, 0.6) is 0 Å². The highest BCUT2D eigenvalue weighted by Gasteiger charge is 2.21. The van der Waals surface area contributed by atoms with Crippen LogP contribution in [-0.2, 0) is 16.6 Å². The molecule has 0 aliphatic heterocycles. The highest BCUT2D eigenvalue weighted by molar-refractivity contribution is 5.94. The number of carbonyl (C=O) groups excluding carboxylic acids is 1. The first kappa shape index (κ1) is 20.4. The molecule has 1 amide bonds. The topological polar surface area (TPSA) is 78.4 Å². The number of guanidine groups is 1. The van der Waals surface area contributed by atoms with Crippen molar-refractivity contribution in [3.05, 3.63) is 59.9 Å². The molecule has 1 aromatic carbocycles. The number of pyridine rings is 1. The molecule has 2 aromatic rings. The van der Waals surface area contributed by atoms with E-state index in [2.05, 4.69) is 71.0 Å². The Labute approximate surface area is 161 Å². The lowest BCUT2D eigenvalue weighted by molar-refractivity contribution is -0.115. The van der Waals surface area contributed by atoms with Crippen LogP contribution in [0.2, 0.25) is 0 Å². The molecule has 0 aliphatic carbocycles. The Balaban J connectivity index is 1.84. The van der Waals surface area contributed by atoms with E-state index in [1.54, 1.807) is 31.6 Å². The SMILES string of the molecule is CCc1ccc(C(C)(C)CNC(=NC)NCC(=O)Nc2cccnc2)cc1. The summed E-state index contributed by atoms with van der Waals surface area (Å²) in [5, 5.41) is 9.12. The fraction of sp³-hybridized carbons (Fsp3) is 0.381. The van der Waals surface area contributed by atoms with Crippen molar-refractivity contribution < 1.29 is 4.79 Å². The van der Waals surface area contributed by atoms with Crippen molar-refractivity contribution in [1.29, 1.82) is 0 Å². The summed E-state index contributed by atoms with van der Waals surface area (Å²) >= 11 is 0. The first-order chi connectivity index (χ1) is 12.9. The van der Waals surface area contributed by atoms with Crippen molar-refractivity contribution in [2.75, 3.05) is 25.5 Å². The molecule has 0 unspecified atom stereocenters. The van der Waals surface area contributed by atoms with Crippen molar-refractivity contribution in [2.24, 2.45) is 4.99 Å². The Morgan fingerprint density at radius 3 is 2.48 bits per heavy atom. The van der Waals surface area contributed by atoms with E-state index in [-0.39, 0.29) is 17.9 Å². The maximum atomic E-state index is 12.0. The molecule has 3 N–H and O–H groups in total. The van der Waals surface area contributed by atoms with Gasteiger partial charge in [-0.25, -0.2) is 0 Å². The predicted molar refractivity (Wildman–Crippen MR) is 111 cm³/mol. The number of carbonyl (C=O) groups is 1. The second-order valence-corrected chi connectivity index (χ2v) is 7.00. The van der Waals surface area contributed by atoms with Crippen LogP contribution in [0.15, 0.2) is 53.8 Å². The molecule has 0 radical (unpaired) electrons. The molecular formula is C21H29N5O. The molecule has 0 spiro atoms. The number of amides is 1. The Morgan fingerprint density at radius 2 is 1.89 bits per heavy atom. The van der Waals surface area contributed by atoms with E-state index < -0.39 is 0 Å². The number of nitrogens with one attached hydrogen (secondary N) is 3. The normalized spacial score (nSPS) is 11.8. The molecule has 0 bridgehead atoms. The summed E-state index contributed by atoms with van der Waals surface area (Å²) in [5.74, 6) is 0.440. The highest BCUT2D eigenvalue weighted by Crippen LogP contribution is 2.22. The summed E-state index contributed by atoms with van der Waals surface area (Å²) in [6.45, 7) is 7.34. The zero-order chi connectivity index (χ0) is 19.7. The Hall–Kier alpha value is -2.89. The number of hydrogen-bond donors (Lipinski definition) is 3. The lowest BCUT2D eigenvalue weighted by Gasteiger charge is -2.27. The lowest BCUT2D eigenvalue weighted by Crippen LogP contribution is -2.45. The number of hydrogen-bond acceptors (Lipinski definition) is 3. The second kappa shape index (κ2) is 9.71. The van der Waals surface area contributed by atoms with Crippen LogP contribution < -0.4 is 16.0 Å². The van der Waals surface area contributed by atoms with Gasteiger partial charge in [0.15, 0.2) is 5.96 Å². The number of aryl methyl sites for hydroxylation is 1. The van der Waals surface area contributed by atoms with E-state index in [9.17, 15) is 4.79 Å². The van der Waals surface area contributed by atoms with Gasteiger partial charge in [-0.2, -0.15) is 0 Å². The number of rotatable bonds is 7. The Morgan fingerprint density at radius 1 is 1.15 bits per heavy atom. The van der Waals surface area contributed by atoms with Crippen molar-refractivity contribution in [3.8, 4) is 0 Å². The summed E-state index contributed by atoms with van der Waals surface area (Å²) in [7, 11) is 1.69. The first-order valence-corrected chi connectivity index (χ1v) is 9.18. The molecule has 6 heteroatoms. The minimum absolute atomic E-state index is 0.0676. The minimum atomic E-state index is -0.152. The third-order valence-corrected chi connectivity index (χ3v) is 4.43. The largest absolute Gasteiger partial charge is 0.356 e. The Bertz CT molecular complexity index is 754. The van der Waals surface area contributed by atoms with Gasteiger partial charge < -0.3 is 16.0 Å². The number of aliphatic imine (C=N–C) groups is 1. The van der Waals surface area contributed by atoms with Gasteiger partial charge in [0.1, 0.15) is 0 Å². The van der Waals surface area contributed by atoms with Crippen LogP contribution in [0.3, 0.4) is 0 Å². The van der Waals surface area contributed by atoms with Gasteiger partial charge >= 0.3 is 0 Å². The smallest absolute Gasteiger partial charge is 0.243 e. The number of benzene rings is 1. The van der Waals surface area contributed by atoms with Gasteiger partial charge in [-0.3, -0.25) is 14.8 Å². The summed E-state index contributed by atoms with van der Waals surface area (Å²) in [4.78, 5) is 20.2. The average molecular weight is 367 g/mol. The van der Waals surface area contributed by atoms with Gasteiger partial charge in [-0.05, 0) is 29.7 Å². The molecule has 1 heterocycles. The van der Waals surface area contributed by atoms with Crippen molar-refractivity contribution in [1.82, 2.24) is 15.6 Å². The zero-order valence-corrected chi connectivity index (χ0v) is 16.5. The average Bonchev–Trinajstić information content (AvgIpc) is 2.69. The molecule has 0 atom stereocenters. The van der Waals surface area contributed by atoms with Crippen molar-refractivity contribution in [2.45, 2.75) is 32.6 Å². The van der Waals surface area contributed by atoms with Crippen LogP contribution >= 0.6 is 0 Å². The van der Waals surface area contributed by atoms with E-state index in [0.29, 0.717) is 18.2 Å². The minimum Gasteiger partial charge on any atom is -0.356 e. The summed E-state index contributed by atoms with van der Waals surface area (Å²) < 4.78 is 0. The number of aromatic nitrogens is 1. The van der Waals surface area contributed by atoms with Gasteiger partial charge in [0, 0.05) is 25.2 Å². The van der Waals surface area contributed by atoms with Gasteiger partial charge in [0.25, 0.3) is 0 Å². The zero-order valence-electron chi connectivity index (χ0n) is 16.5. The number of nitrogens with zero attached hydrogens (tertiary/aromatic N) is 2.